The van der Waals surface area contributed by atoms with Crippen LogP contribution in [0.15, 0.2) is 42.9 Å². The summed E-state index contributed by atoms with van der Waals surface area (Å²) in [6.45, 7) is 0.692. The zero-order valence-electron chi connectivity index (χ0n) is 11.7. The molecule has 0 bridgehead atoms. The summed E-state index contributed by atoms with van der Waals surface area (Å²) in [5.41, 5.74) is 1.02. The monoisotopic (exact) mass is 284 g/mol. The maximum Gasteiger partial charge on any atom is 0.240 e. The molecule has 0 fully saturated rings. The summed E-state index contributed by atoms with van der Waals surface area (Å²) in [5, 5.41) is 2.98. The molecule has 0 saturated carbocycles. The van der Waals surface area contributed by atoms with Crippen molar-refractivity contribution < 1.29 is 9.53 Å². The van der Waals surface area contributed by atoms with Gasteiger partial charge < -0.3 is 15.0 Å². The number of likely N-dealkylation sites (N-methyl/N-ethyl adjacent to an activating group) is 1. The van der Waals surface area contributed by atoms with Crippen LogP contribution < -0.4 is 15.0 Å². The highest BCUT2D eigenvalue weighted by Crippen LogP contribution is 2.31. The molecule has 6 nitrogen and oxygen atoms in total. The van der Waals surface area contributed by atoms with Crippen molar-refractivity contribution in [3.05, 3.63) is 48.4 Å². The fourth-order valence-corrected chi connectivity index (χ4v) is 2.31. The minimum atomic E-state index is -0.0936. The van der Waals surface area contributed by atoms with E-state index in [-0.39, 0.29) is 18.5 Å². The van der Waals surface area contributed by atoms with E-state index in [2.05, 4.69) is 15.3 Å². The molecule has 1 aromatic carbocycles. The minimum Gasteiger partial charge on any atom is -0.491 e. The second-order valence-corrected chi connectivity index (χ2v) is 4.89. The molecule has 0 radical (unpaired) electrons. The van der Waals surface area contributed by atoms with E-state index in [4.69, 9.17) is 4.74 Å². The Morgan fingerprint density at radius 2 is 2.29 bits per heavy atom. The van der Waals surface area contributed by atoms with Crippen molar-refractivity contribution in [2.24, 2.45) is 0 Å². The van der Waals surface area contributed by atoms with Crippen molar-refractivity contribution in [3.8, 4) is 5.75 Å². The van der Waals surface area contributed by atoms with Gasteiger partial charge in [-0.2, -0.15) is 0 Å². The lowest BCUT2D eigenvalue weighted by atomic mass is 10.1. The normalized spacial score (nSPS) is 16.0. The van der Waals surface area contributed by atoms with Gasteiger partial charge in [-0.3, -0.25) is 9.78 Å². The van der Waals surface area contributed by atoms with E-state index in [1.165, 1.54) is 0 Å². The van der Waals surface area contributed by atoms with Gasteiger partial charge in [-0.25, -0.2) is 4.98 Å². The largest absolute Gasteiger partial charge is 0.491 e. The molecule has 1 N–H and O–H groups in total. The van der Waals surface area contributed by atoms with Gasteiger partial charge in [0.05, 0.1) is 18.8 Å². The third kappa shape index (κ3) is 2.94. The van der Waals surface area contributed by atoms with Crippen molar-refractivity contribution >= 4 is 11.7 Å². The van der Waals surface area contributed by atoms with Crippen molar-refractivity contribution in [1.29, 1.82) is 0 Å². The predicted octanol–water partition coefficient (Wildman–Crippen LogP) is 1.16. The lowest BCUT2D eigenvalue weighted by Crippen LogP contribution is -2.38. The Morgan fingerprint density at radius 1 is 1.43 bits per heavy atom. The molecule has 2 heterocycles. The van der Waals surface area contributed by atoms with Gasteiger partial charge >= 0.3 is 0 Å². The molecule has 108 valence electrons. The number of amides is 1. The van der Waals surface area contributed by atoms with Crippen LogP contribution in [0, 0.1) is 0 Å². The first kappa shape index (κ1) is 13.4. The Balaban J connectivity index is 1.61. The molecule has 21 heavy (non-hydrogen) atoms. The standard InChI is InChI=1S/C15H16N4O2/c1-19(14-8-16-6-7-17-14)9-15(20)18-12-10-21-13-5-3-2-4-11(12)13/h2-8,12H,9-10H2,1H3,(H,18,20). The fourth-order valence-electron chi connectivity index (χ4n) is 2.31. The van der Waals surface area contributed by atoms with E-state index in [1.807, 2.05) is 31.3 Å². The van der Waals surface area contributed by atoms with E-state index < -0.39 is 0 Å². The Kier molecular flexibility index (Phi) is 3.68. The van der Waals surface area contributed by atoms with Crippen LogP contribution in [0.25, 0.3) is 0 Å². The van der Waals surface area contributed by atoms with Crippen molar-refractivity contribution in [1.82, 2.24) is 15.3 Å². The Labute approximate surface area is 122 Å². The van der Waals surface area contributed by atoms with Crippen molar-refractivity contribution in [2.75, 3.05) is 25.1 Å². The predicted molar refractivity (Wildman–Crippen MR) is 78.1 cm³/mol. The van der Waals surface area contributed by atoms with Crippen LogP contribution in [-0.2, 0) is 4.79 Å². The molecular formula is C15H16N4O2. The number of para-hydroxylation sites is 1. The van der Waals surface area contributed by atoms with Crippen LogP contribution in [0.4, 0.5) is 5.82 Å². The van der Waals surface area contributed by atoms with Gasteiger partial charge in [0, 0.05) is 25.0 Å². The average Bonchev–Trinajstić information content (AvgIpc) is 2.91. The van der Waals surface area contributed by atoms with Crippen LogP contribution in [0.2, 0.25) is 0 Å². The molecule has 3 rings (SSSR count). The first-order valence-electron chi connectivity index (χ1n) is 6.72. The van der Waals surface area contributed by atoms with Crippen LogP contribution in [0.1, 0.15) is 11.6 Å². The quantitative estimate of drug-likeness (QED) is 0.912. The lowest BCUT2D eigenvalue weighted by molar-refractivity contribution is -0.120. The SMILES string of the molecule is CN(CC(=O)NC1COc2ccccc21)c1cnccn1. The van der Waals surface area contributed by atoms with Crippen LogP contribution in [0.3, 0.4) is 0 Å². The van der Waals surface area contributed by atoms with Gasteiger partial charge in [0.2, 0.25) is 5.91 Å². The molecule has 2 aromatic rings. The Morgan fingerprint density at radius 3 is 3.10 bits per heavy atom. The number of benzene rings is 1. The zero-order valence-corrected chi connectivity index (χ0v) is 11.7. The Hall–Kier alpha value is -2.63. The lowest BCUT2D eigenvalue weighted by Gasteiger charge is -2.18. The van der Waals surface area contributed by atoms with Gasteiger partial charge in [-0.15, -0.1) is 0 Å². The molecule has 1 unspecified atom stereocenters. The summed E-state index contributed by atoms with van der Waals surface area (Å²) in [5.74, 6) is 1.43. The van der Waals surface area contributed by atoms with Gasteiger partial charge in [-0.1, -0.05) is 18.2 Å². The summed E-state index contributed by atoms with van der Waals surface area (Å²) in [4.78, 5) is 22.0. The smallest absolute Gasteiger partial charge is 0.240 e. The third-order valence-corrected chi connectivity index (χ3v) is 3.36. The summed E-state index contributed by atoms with van der Waals surface area (Å²) in [6, 6.07) is 7.65. The van der Waals surface area contributed by atoms with Crippen LogP contribution in [-0.4, -0.2) is 36.1 Å². The molecule has 1 amide bonds. The van der Waals surface area contributed by atoms with Crippen LogP contribution >= 0.6 is 0 Å². The first-order chi connectivity index (χ1) is 10.2. The highest BCUT2D eigenvalue weighted by molar-refractivity contribution is 5.81. The fraction of sp³-hybridized carbons (Fsp3) is 0.267. The molecule has 1 aliphatic heterocycles. The molecule has 0 aliphatic carbocycles. The molecule has 1 aliphatic rings. The summed E-state index contributed by atoms with van der Waals surface area (Å²) >= 11 is 0. The van der Waals surface area contributed by atoms with E-state index in [9.17, 15) is 4.79 Å². The average molecular weight is 284 g/mol. The summed E-state index contributed by atoms with van der Waals surface area (Å²) in [7, 11) is 1.81. The second kappa shape index (κ2) is 5.78. The number of rotatable bonds is 4. The van der Waals surface area contributed by atoms with E-state index >= 15 is 0 Å². The maximum absolute atomic E-state index is 12.1. The number of fused-ring (bicyclic) bond motifs is 1. The number of aromatic nitrogens is 2. The summed E-state index contributed by atoms with van der Waals surface area (Å²) in [6.07, 6.45) is 4.83. The van der Waals surface area contributed by atoms with E-state index in [0.29, 0.717) is 12.4 Å². The number of nitrogens with zero attached hydrogens (tertiary/aromatic N) is 3. The molecule has 6 heteroatoms. The highest BCUT2D eigenvalue weighted by Gasteiger charge is 2.25. The van der Waals surface area contributed by atoms with Gasteiger partial charge in [0.15, 0.2) is 0 Å². The van der Waals surface area contributed by atoms with Gasteiger partial charge in [-0.05, 0) is 6.07 Å². The van der Waals surface area contributed by atoms with Crippen molar-refractivity contribution in [3.63, 3.8) is 0 Å². The molecule has 1 atom stereocenters. The number of ether oxygens (including phenoxy) is 1. The van der Waals surface area contributed by atoms with Gasteiger partial charge in [0.25, 0.3) is 0 Å². The number of carbonyl (C=O) groups excluding carboxylic acids is 1. The number of nitrogens with one attached hydrogen (secondary N) is 1. The van der Waals surface area contributed by atoms with Crippen LogP contribution in [0.5, 0.6) is 5.75 Å². The maximum atomic E-state index is 12.1. The zero-order chi connectivity index (χ0) is 14.7. The highest BCUT2D eigenvalue weighted by atomic mass is 16.5. The molecule has 0 spiro atoms. The summed E-state index contributed by atoms with van der Waals surface area (Å²) < 4.78 is 5.55. The third-order valence-electron chi connectivity index (χ3n) is 3.36. The van der Waals surface area contributed by atoms with Gasteiger partial charge in [0.1, 0.15) is 18.2 Å². The minimum absolute atomic E-state index is 0.0755. The molecular weight excluding hydrogens is 268 g/mol. The van der Waals surface area contributed by atoms with E-state index in [1.54, 1.807) is 23.5 Å². The first-order valence-corrected chi connectivity index (χ1v) is 6.72. The molecule has 1 aromatic heterocycles. The van der Waals surface area contributed by atoms with E-state index in [0.717, 1.165) is 11.3 Å². The number of hydrogen-bond donors (Lipinski definition) is 1. The number of carbonyl (C=O) groups is 1. The number of anilines is 1. The number of hydrogen-bond acceptors (Lipinski definition) is 5. The molecule has 0 saturated heterocycles. The topological polar surface area (TPSA) is 67.4 Å². The van der Waals surface area contributed by atoms with Crippen molar-refractivity contribution in [2.45, 2.75) is 6.04 Å². The Bertz CT molecular complexity index is 633. The second-order valence-electron chi connectivity index (χ2n) is 4.89.